The molecule has 25 heavy (non-hydrogen) atoms. The predicted octanol–water partition coefficient (Wildman–Crippen LogP) is 2.98. The lowest BCUT2D eigenvalue weighted by Gasteiger charge is -2.34. The number of aliphatic imine (C=N–C) groups is 1. The van der Waals surface area contributed by atoms with Gasteiger partial charge in [-0.15, -0.1) is 24.0 Å². The van der Waals surface area contributed by atoms with Gasteiger partial charge in [-0.05, 0) is 42.9 Å². The minimum Gasteiger partial charge on any atom is -0.370 e. The first-order valence-corrected chi connectivity index (χ1v) is 8.96. The van der Waals surface area contributed by atoms with E-state index in [4.69, 9.17) is 17.3 Å². The summed E-state index contributed by atoms with van der Waals surface area (Å²) in [6.07, 6.45) is 3.69. The lowest BCUT2D eigenvalue weighted by atomic mass is 9.95. The molecule has 1 aliphatic heterocycles. The molecule has 1 saturated carbocycles. The van der Waals surface area contributed by atoms with Crippen molar-refractivity contribution in [1.82, 2.24) is 10.2 Å². The molecular weight excluding hydrogens is 451 g/mol. The number of hydrogen-bond donors (Lipinski definition) is 2. The monoisotopic (exact) mass is 476 g/mol. The fourth-order valence-electron chi connectivity index (χ4n) is 3.63. The molecule has 138 valence electrons. The zero-order valence-electron chi connectivity index (χ0n) is 14.5. The van der Waals surface area contributed by atoms with E-state index in [1.807, 2.05) is 25.2 Å². The number of guanidine groups is 1. The smallest absolute Gasteiger partial charge is 0.217 e. The number of nitrogens with zero attached hydrogens (tertiary/aromatic N) is 2. The van der Waals surface area contributed by atoms with E-state index >= 15 is 0 Å². The van der Waals surface area contributed by atoms with E-state index in [1.54, 1.807) is 0 Å². The number of carbonyl (C=O) groups excluding carboxylic acids is 1. The summed E-state index contributed by atoms with van der Waals surface area (Å²) in [5, 5.41) is 4.35. The summed E-state index contributed by atoms with van der Waals surface area (Å²) in [7, 11) is 1.82. The largest absolute Gasteiger partial charge is 0.370 e. The molecule has 1 aromatic carbocycles. The maximum Gasteiger partial charge on any atom is 0.217 e. The van der Waals surface area contributed by atoms with Crippen molar-refractivity contribution in [2.45, 2.75) is 37.6 Å². The van der Waals surface area contributed by atoms with Crippen LogP contribution in [0, 0.1) is 5.92 Å². The molecule has 3 rings (SSSR count). The van der Waals surface area contributed by atoms with Crippen molar-refractivity contribution in [3.8, 4) is 0 Å². The van der Waals surface area contributed by atoms with Gasteiger partial charge in [0.1, 0.15) is 0 Å². The molecule has 3 N–H and O–H groups in total. The molecule has 0 spiro atoms. The van der Waals surface area contributed by atoms with Crippen LogP contribution in [0.15, 0.2) is 29.3 Å². The molecule has 3 atom stereocenters. The molecular formula is C18H26ClIN4O. The molecule has 1 amide bonds. The Morgan fingerprint density at radius 2 is 2.28 bits per heavy atom. The Balaban J connectivity index is 0.00000225. The highest BCUT2D eigenvalue weighted by Gasteiger charge is 2.40. The Bertz CT molecular complexity index is 639. The molecule has 2 aliphatic rings. The molecule has 0 aromatic heterocycles. The van der Waals surface area contributed by atoms with Gasteiger partial charge in [-0.1, -0.05) is 23.7 Å². The number of primary amides is 1. The number of nitrogens with two attached hydrogens (primary N) is 1. The highest BCUT2D eigenvalue weighted by atomic mass is 127. The summed E-state index contributed by atoms with van der Waals surface area (Å²) in [5.41, 5.74) is 6.63. The average molecular weight is 477 g/mol. The summed E-state index contributed by atoms with van der Waals surface area (Å²) in [6.45, 7) is 1.82. The molecule has 5 nitrogen and oxygen atoms in total. The van der Waals surface area contributed by atoms with Crippen molar-refractivity contribution in [2.24, 2.45) is 16.6 Å². The minimum atomic E-state index is -0.215. The molecule has 7 heteroatoms. The molecule has 1 aliphatic carbocycles. The number of halogens is 2. The standard InChI is InChI=1S/C18H25ClN4O.HI/c1-21-18(23-7-3-4-12(11-23)8-17(20)24)22-16-10-15(16)13-5-2-6-14(19)9-13;/h2,5-6,9,12,15-16H,3-4,7-8,10-11H2,1H3,(H2,20,24)(H,21,22);1H. The second-order valence-electron chi connectivity index (χ2n) is 6.82. The first-order valence-electron chi connectivity index (χ1n) is 8.59. The van der Waals surface area contributed by atoms with Gasteiger partial charge in [-0.2, -0.15) is 0 Å². The zero-order chi connectivity index (χ0) is 17.1. The number of rotatable bonds is 4. The van der Waals surface area contributed by atoms with Crippen LogP contribution in [0.3, 0.4) is 0 Å². The van der Waals surface area contributed by atoms with Gasteiger partial charge in [-0.25, -0.2) is 0 Å². The van der Waals surface area contributed by atoms with Crippen LogP contribution in [-0.4, -0.2) is 42.9 Å². The number of piperidine rings is 1. The van der Waals surface area contributed by atoms with E-state index in [-0.39, 0.29) is 29.9 Å². The summed E-state index contributed by atoms with van der Waals surface area (Å²) in [5.74, 6) is 1.54. The van der Waals surface area contributed by atoms with Gasteiger partial charge in [0.25, 0.3) is 0 Å². The summed E-state index contributed by atoms with van der Waals surface area (Å²) >= 11 is 6.09. The van der Waals surface area contributed by atoms with E-state index < -0.39 is 0 Å². The van der Waals surface area contributed by atoms with Crippen LogP contribution in [0.25, 0.3) is 0 Å². The van der Waals surface area contributed by atoms with Crippen LogP contribution in [0.1, 0.15) is 37.2 Å². The number of carbonyl (C=O) groups is 1. The molecule has 1 aromatic rings. The number of benzene rings is 1. The quantitative estimate of drug-likeness (QED) is 0.399. The van der Waals surface area contributed by atoms with Crippen LogP contribution in [0.5, 0.6) is 0 Å². The molecule has 3 unspecified atom stereocenters. The summed E-state index contributed by atoms with van der Waals surface area (Å²) in [4.78, 5) is 17.9. The topological polar surface area (TPSA) is 70.7 Å². The van der Waals surface area contributed by atoms with Crippen molar-refractivity contribution < 1.29 is 4.79 Å². The van der Waals surface area contributed by atoms with Crippen LogP contribution in [-0.2, 0) is 4.79 Å². The number of amides is 1. The van der Waals surface area contributed by atoms with E-state index in [2.05, 4.69) is 21.3 Å². The molecule has 0 bridgehead atoms. The molecule has 0 radical (unpaired) electrons. The van der Waals surface area contributed by atoms with Crippen LogP contribution in [0.2, 0.25) is 5.02 Å². The second kappa shape index (κ2) is 9.07. The van der Waals surface area contributed by atoms with Gasteiger partial charge < -0.3 is 16.0 Å². The Hall–Kier alpha value is -1.02. The Labute approximate surface area is 171 Å². The van der Waals surface area contributed by atoms with Crippen LogP contribution >= 0.6 is 35.6 Å². The van der Waals surface area contributed by atoms with Crippen LogP contribution < -0.4 is 11.1 Å². The van der Waals surface area contributed by atoms with Crippen molar-refractivity contribution in [2.75, 3.05) is 20.1 Å². The van der Waals surface area contributed by atoms with Gasteiger partial charge in [0, 0.05) is 43.5 Å². The maximum absolute atomic E-state index is 11.2. The minimum absolute atomic E-state index is 0. The van der Waals surface area contributed by atoms with E-state index in [0.29, 0.717) is 24.3 Å². The lowest BCUT2D eigenvalue weighted by molar-refractivity contribution is -0.119. The molecule has 1 heterocycles. The van der Waals surface area contributed by atoms with E-state index in [1.165, 1.54) is 5.56 Å². The Morgan fingerprint density at radius 1 is 1.48 bits per heavy atom. The van der Waals surface area contributed by atoms with E-state index in [0.717, 1.165) is 43.3 Å². The normalized spacial score (nSPS) is 25.9. The molecule has 1 saturated heterocycles. The third-order valence-corrected chi connectivity index (χ3v) is 5.14. The fraction of sp³-hybridized carbons (Fsp3) is 0.556. The Morgan fingerprint density at radius 3 is 2.96 bits per heavy atom. The predicted molar refractivity (Wildman–Crippen MR) is 113 cm³/mol. The van der Waals surface area contributed by atoms with Crippen molar-refractivity contribution >= 4 is 47.4 Å². The van der Waals surface area contributed by atoms with Crippen LogP contribution in [0.4, 0.5) is 0 Å². The first kappa shape index (κ1) is 20.3. The fourth-order valence-corrected chi connectivity index (χ4v) is 3.83. The van der Waals surface area contributed by atoms with Crippen molar-refractivity contribution in [3.05, 3.63) is 34.9 Å². The first-order chi connectivity index (χ1) is 11.6. The van der Waals surface area contributed by atoms with Gasteiger partial charge in [0.2, 0.25) is 5.91 Å². The van der Waals surface area contributed by atoms with Gasteiger partial charge in [0.15, 0.2) is 5.96 Å². The SMILES string of the molecule is CN=C(NC1CC1c1cccc(Cl)c1)N1CCCC(CC(N)=O)C1.I. The third kappa shape index (κ3) is 5.48. The lowest BCUT2D eigenvalue weighted by Crippen LogP contribution is -2.48. The van der Waals surface area contributed by atoms with Crippen molar-refractivity contribution in [1.29, 1.82) is 0 Å². The Kier molecular flexibility index (Phi) is 7.37. The van der Waals surface area contributed by atoms with Gasteiger partial charge in [0.05, 0.1) is 0 Å². The highest BCUT2D eigenvalue weighted by Crippen LogP contribution is 2.41. The highest BCUT2D eigenvalue weighted by molar-refractivity contribution is 14.0. The average Bonchev–Trinajstić information content (AvgIpc) is 3.31. The summed E-state index contributed by atoms with van der Waals surface area (Å²) in [6, 6.07) is 8.48. The van der Waals surface area contributed by atoms with Gasteiger partial charge in [-0.3, -0.25) is 9.79 Å². The third-order valence-electron chi connectivity index (χ3n) is 4.90. The number of nitrogens with one attached hydrogen (secondary N) is 1. The summed E-state index contributed by atoms with van der Waals surface area (Å²) < 4.78 is 0. The van der Waals surface area contributed by atoms with Gasteiger partial charge >= 0.3 is 0 Å². The molecule has 2 fully saturated rings. The van der Waals surface area contributed by atoms with Crippen molar-refractivity contribution in [3.63, 3.8) is 0 Å². The number of hydrogen-bond acceptors (Lipinski definition) is 2. The van der Waals surface area contributed by atoms with E-state index in [9.17, 15) is 4.79 Å². The number of likely N-dealkylation sites (tertiary alicyclic amines) is 1. The second-order valence-corrected chi connectivity index (χ2v) is 7.26. The maximum atomic E-state index is 11.2. The zero-order valence-corrected chi connectivity index (χ0v) is 17.5.